The van der Waals surface area contributed by atoms with Crippen molar-refractivity contribution >= 4 is 17.6 Å². The van der Waals surface area contributed by atoms with Gasteiger partial charge in [0.2, 0.25) is 0 Å². The van der Waals surface area contributed by atoms with E-state index in [-0.39, 0.29) is 5.57 Å². The summed E-state index contributed by atoms with van der Waals surface area (Å²) in [7, 11) is 0. The Bertz CT molecular complexity index is 712. The molecule has 1 N–H and O–H groups in total. The van der Waals surface area contributed by atoms with Crippen LogP contribution in [0.4, 0.5) is 0 Å². The van der Waals surface area contributed by atoms with E-state index >= 15 is 0 Å². The summed E-state index contributed by atoms with van der Waals surface area (Å²) in [6, 6.07) is 13.3. The molecule has 0 amide bonds. The van der Waals surface area contributed by atoms with Crippen LogP contribution in [0, 0.1) is 13.8 Å². The average Bonchev–Trinajstić information content (AvgIpc) is 2.53. The number of benzene rings is 2. The zero-order chi connectivity index (χ0) is 16.8. The number of aryl methyl sites for hydroxylation is 2. The molecule has 3 nitrogen and oxygen atoms in total. The van der Waals surface area contributed by atoms with Crippen molar-refractivity contribution in [3.63, 3.8) is 0 Å². The first-order valence-electron chi connectivity index (χ1n) is 7.76. The Morgan fingerprint density at radius 2 is 1.83 bits per heavy atom. The molecule has 0 aliphatic rings. The molecule has 0 fully saturated rings. The standard InChI is InChI=1S/C20H22O3/c1-4-11-23-17-9-10-18(15(3)12-17)19(20(21)22)13-16-7-5-14(2)6-8-16/h5-10,12-13H,4,11H2,1-3H3,(H,21,22)/b19-13-. The Labute approximate surface area is 137 Å². The third-order valence-electron chi connectivity index (χ3n) is 3.58. The van der Waals surface area contributed by atoms with E-state index in [0.717, 1.165) is 28.9 Å². The molecule has 2 aromatic carbocycles. The van der Waals surface area contributed by atoms with Gasteiger partial charge in [-0.1, -0.05) is 42.8 Å². The summed E-state index contributed by atoms with van der Waals surface area (Å²) in [6.07, 6.45) is 2.64. The summed E-state index contributed by atoms with van der Waals surface area (Å²) in [6.45, 7) is 6.61. The lowest BCUT2D eigenvalue weighted by molar-refractivity contribution is -0.130. The molecule has 2 rings (SSSR count). The van der Waals surface area contributed by atoms with Crippen LogP contribution in [-0.2, 0) is 4.79 Å². The van der Waals surface area contributed by atoms with E-state index in [2.05, 4.69) is 0 Å². The summed E-state index contributed by atoms with van der Waals surface area (Å²) in [5.41, 5.74) is 3.90. The van der Waals surface area contributed by atoms with Gasteiger partial charge < -0.3 is 9.84 Å². The fraction of sp³-hybridized carbons (Fsp3) is 0.250. The summed E-state index contributed by atoms with van der Waals surface area (Å²) in [5, 5.41) is 9.58. The maximum Gasteiger partial charge on any atom is 0.336 e. The van der Waals surface area contributed by atoms with E-state index in [1.165, 1.54) is 0 Å². The van der Waals surface area contributed by atoms with Gasteiger partial charge in [0, 0.05) is 0 Å². The normalized spacial score (nSPS) is 11.3. The van der Waals surface area contributed by atoms with Crippen LogP contribution in [0.2, 0.25) is 0 Å². The van der Waals surface area contributed by atoms with E-state index in [1.54, 1.807) is 6.08 Å². The molecule has 0 aromatic heterocycles. The molecule has 0 saturated carbocycles. The van der Waals surface area contributed by atoms with Crippen LogP contribution in [0.25, 0.3) is 11.6 Å². The Hall–Kier alpha value is -2.55. The van der Waals surface area contributed by atoms with E-state index in [9.17, 15) is 9.90 Å². The Kier molecular flexibility index (Phi) is 5.58. The number of ether oxygens (including phenoxy) is 1. The highest BCUT2D eigenvalue weighted by atomic mass is 16.5. The molecule has 0 unspecified atom stereocenters. The Morgan fingerprint density at radius 1 is 1.13 bits per heavy atom. The first kappa shape index (κ1) is 16.8. The van der Waals surface area contributed by atoms with Gasteiger partial charge in [-0.05, 0) is 55.2 Å². The van der Waals surface area contributed by atoms with E-state index in [4.69, 9.17) is 4.74 Å². The molecule has 0 aliphatic heterocycles. The minimum atomic E-state index is -0.934. The van der Waals surface area contributed by atoms with Gasteiger partial charge in [0.05, 0.1) is 12.2 Å². The molecule has 120 valence electrons. The summed E-state index contributed by atoms with van der Waals surface area (Å²) in [5.74, 6) is -0.163. The number of carboxylic acids is 1. The number of hydrogen-bond acceptors (Lipinski definition) is 2. The second kappa shape index (κ2) is 7.63. The van der Waals surface area contributed by atoms with E-state index < -0.39 is 5.97 Å². The number of aliphatic carboxylic acids is 1. The van der Waals surface area contributed by atoms with Crippen molar-refractivity contribution in [3.05, 3.63) is 64.7 Å². The molecule has 0 bridgehead atoms. The first-order valence-corrected chi connectivity index (χ1v) is 7.76. The third-order valence-corrected chi connectivity index (χ3v) is 3.58. The SMILES string of the molecule is CCCOc1ccc(/C(=C/c2ccc(C)cc2)C(=O)O)c(C)c1. The number of carbonyl (C=O) groups is 1. The minimum absolute atomic E-state index is 0.286. The van der Waals surface area contributed by atoms with Gasteiger partial charge in [-0.3, -0.25) is 0 Å². The lowest BCUT2D eigenvalue weighted by Gasteiger charge is -2.11. The topological polar surface area (TPSA) is 46.5 Å². The molecule has 0 heterocycles. The van der Waals surface area contributed by atoms with Crippen LogP contribution in [-0.4, -0.2) is 17.7 Å². The van der Waals surface area contributed by atoms with Crippen LogP contribution >= 0.6 is 0 Å². The van der Waals surface area contributed by atoms with Crippen molar-refractivity contribution in [2.24, 2.45) is 0 Å². The maximum absolute atomic E-state index is 11.7. The number of carboxylic acid groups (broad SMARTS) is 1. The van der Waals surface area contributed by atoms with Gasteiger partial charge in [0.15, 0.2) is 0 Å². The van der Waals surface area contributed by atoms with Crippen molar-refractivity contribution in [2.75, 3.05) is 6.61 Å². The Morgan fingerprint density at radius 3 is 2.39 bits per heavy atom. The largest absolute Gasteiger partial charge is 0.494 e. The Balaban J connectivity index is 2.38. The zero-order valence-corrected chi connectivity index (χ0v) is 13.8. The molecular weight excluding hydrogens is 288 g/mol. The lowest BCUT2D eigenvalue weighted by atomic mass is 9.98. The quantitative estimate of drug-likeness (QED) is 0.620. The summed E-state index contributed by atoms with van der Waals surface area (Å²) < 4.78 is 5.60. The highest BCUT2D eigenvalue weighted by Crippen LogP contribution is 2.26. The fourth-order valence-electron chi connectivity index (χ4n) is 2.33. The highest BCUT2D eigenvalue weighted by Gasteiger charge is 2.13. The predicted octanol–water partition coefficient (Wildman–Crippen LogP) is 4.72. The van der Waals surface area contributed by atoms with Gasteiger partial charge >= 0.3 is 5.97 Å². The van der Waals surface area contributed by atoms with Crippen LogP contribution in [0.1, 0.15) is 35.6 Å². The maximum atomic E-state index is 11.7. The van der Waals surface area contributed by atoms with Crippen molar-refractivity contribution in [3.8, 4) is 5.75 Å². The van der Waals surface area contributed by atoms with Crippen molar-refractivity contribution in [2.45, 2.75) is 27.2 Å². The first-order chi connectivity index (χ1) is 11.0. The molecule has 0 radical (unpaired) electrons. The smallest absolute Gasteiger partial charge is 0.336 e. The van der Waals surface area contributed by atoms with Gasteiger partial charge in [-0.2, -0.15) is 0 Å². The third kappa shape index (κ3) is 4.46. The van der Waals surface area contributed by atoms with Crippen LogP contribution in [0.3, 0.4) is 0 Å². The predicted molar refractivity (Wildman–Crippen MR) is 93.7 cm³/mol. The zero-order valence-electron chi connectivity index (χ0n) is 13.8. The van der Waals surface area contributed by atoms with Crippen LogP contribution in [0.5, 0.6) is 5.75 Å². The van der Waals surface area contributed by atoms with Gasteiger partial charge in [0.25, 0.3) is 0 Å². The summed E-state index contributed by atoms with van der Waals surface area (Å²) in [4.78, 5) is 11.7. The van der Waals surface area contributed by atoms with Gasteiger partial charge in [-0.15, -0.1) is 0 Å². The molecule has 0 saturated heterocycles. The van der Waals surface area contributed by atoms with E-state index in [0.29, 0.717) is 12.2 Å². The second-order valence-electron chi connectivity index (χ2n) is 5.60. The molecule has 3 heteroatoms. The molecule has 0 spiro atoms. The summed E-state index contributed by atoms with van der Waals surface area (Å²) >= 11 is 0. The van der Waals surface area contributed by atoms with E-state index in [1.807, 2.05) is 63.2 Å². The van der Waals surface area contributed by atoms with Crippen molar-refractivity contribution in [1.29, 1.82) is 0 Å². The number of rotatable bonds is 6. The fourth-order valence-corrected chi connectivity index (χ4v) is 2.33. The van der Waals surface area contributed by atoms with Crippen molar-refractivity contribution in [1.82, 2.24) is 0 Å². The monoisotopic (exact) mass is 310 g/mol. The highest BCUT2D eigenvalue weighted by molar-refractivity contribution is 6.21. The molecule has 0 atom stereocenters. The van der Waals surface area contributed by atoms with Crippen LogP contribution < -0.4 is 4.74 Å². The molecule has 2 aromatic rings. The minimum Gasteiger partial charge on any atom is -0.494 e. The molecule has 23 heavy (non-hydrogen) atoms. The van der Waals surface area contributed by atoms with Gasteiger partial charge in [-0.25, -0.2) is 4.79 Å². The molecule has 0 aliphatic carbocycles. The number of hydrogen-bond donors (Lipinski definition) is 1. The second-order valence-corrected chi connectivity index (χ2v) is 5.60. The lowest BCUT2D eigenvalue weighted by Crippen LogP contribution is -2.02. The molecular formula is C20H22O3. The van der Waals surface area contributed by atoms with Gasteiger partial charge in [0.1, 0.15) is 5.75 Å². The van der Waals surface area contributed by atoms with Crippen molar-refractivity contribution < 1.29 is 14.6 Å². The van der Waals surface area contributed by atoms with Crippen LogP contribution in [0.15, 0.2) is 42.5 Å². The average molecular weight is 310 g/mol.